The van der Waals surface area contributed by atoms with E-state index in [1.54, 1.807) is 4.90 Å². The SMILES string of the molecule is CC(=O)N[C@@H]1[C@@H](O/N=C2/C(=O)N(CC(C)C)c3ccc(C)cc32)O[C@@H](COC(C)=O)[C@@H](OC(C)=O)[C@H]1OC(C)=O. The Morgan fingerprint density at radius 1 is 1.02 bits per heavy atom. The maximum Gasteiger partial charge on any atom is 0.303 e. The van der Waals surface area contributed by atoms with Crippen LogP contribution >= 0.6 is 0 Å². The first-order chi connectivity index (χ1) is 18.8. The molecular formula is C27H35N3O10. The minimum absolute atomic E-state index is 0.0206. The normalized spacial score (nSPS) is 24.9. The van der Waals surface area contributed by atoms with E-state index in [4.69, 9.17) is 23.8 Å². The van der Waals surface area contributed by atoms with Crippen LogP contribution in [0.15, 0.2) is 23.4 Å². The molecule has 2 aliphatic rings. The quantitative estimate of drug-likeness (QED) is 0.265. The fraction of sp³-hybridized carbons (Fsp3) is 0.556. The predicted octanol–water partition coefficient (Wildman–Crippen LogP) is 1.37. The number of nitrogens with one attached hydrogen (secondary N) is 1. The van der Waals surface area contributed by atoms with E-state index in [1.165, 1.54) is 13.8 Å². The summed E-state index contributed by atoms with van der Waals surface area (Å²) in [6, 6.07) is 4.31. The lowest BCUT2D eigenvalue weighted by Crippen LogP contribution is -2.66. The van der Waals surface area contributed by atoms with Crippen LogP contribution in [0.25, 0.3) is 0 Å². The van der Waals surface area contributed by atoms with Crippen LogP contribution in [0, 0.1) is 12.8 Å². The number of anilines is 1. The van der Waals surface area contributed by atoms with Crippen LogP contribution in [-0.2, 0) is 47.8 Å². The molecule has 0 radical (unpaired) electrons. The molecule has 5 atom stereocenters. The topological polar surface area (TPSA) is 159 Å². The van der Waals surface area contributed by atoms with Crippen molar-refractivity contribution in [1.82, 2.24) is 5.32 Å². The summed E-state index contributed by atoms with van der Waals surface area (Å²) in [5, 5.41) is 6.74. The molecule has 1 aromatic rings. The summed E-state index contributed by atoms with van der Waals surface area (Å²) in [6.45, 7) is 10.6. The lowest BCUT2D eigenvalue weighted by atomic mass is 9.96. The molecule has 1 fully saturated rings. The minimum atomic E-state index is -1.44. The zero-order valence-corrected chi connectivity index (χ0v) is 23.6. The van der Waals surface area contributed by atoms with Gasteiger partial charge in [-0.25, -0.2) is 0 Å². The van der Waals surface area contributed by atoms with Gasteiger partial charge in [0.2, 0.25) is 5.91 Å². The van der Waals surface area contributed by atoms with Crippen molar-refractivity contribution in [3.8, 4) is 0 Å². The Kier molecular flexibility index (Phi) is 9.85. The van der Waals surface area contributed by atoms with Gasteiger partial charge in [-0.15, -0.1) is 0 Å². The largest absolute Gasteiger partial charge is 0.463 e. The average molecular weight is 562 g/mol. The number of nitrogens with zero attached hydrogens (tertiary/aromatic N) is 2. The van der Waals surface area contributed by atoms with Crippen LogP contribution in [0.1, 0.15) is 52.7 Å². The molecule has 3 rings (SSSR count). The maximum atomic E-state index is 13.4. The molecule has 13 nitrogen and oxygen atoms in total. The van der Waals surface area contributed by atoms with E-state index >= 15 is 0 Å². The Balaban J connectivity index is 2.03. The summed E-state index contributed by atoms with van der Waals surface area (Å²) in [6.07, 6.45) is -5.19. The molecule has 0 spiro atoms. The molecule has 0 bridgehead atoms. The monoisotopic (exact) mass is 561 g/mol. The lowest BCUT2D eigenvalue weighted by Gasteiger charge is -2.43. The van der Waals surface area contributed by atoms with Gasteiger partial charge in [0.25, 0.3) is 12.2 Å². The first kappa shape index (κ1) is 30.5. The van der Waals surface area contributed by atoms with Crippen molar-refractivity contribution < 1.29 is 47.8 Å². The highest BCUT2D eigenvalue weighted by atomic mass is 16.8. The van der Waals surface area contributed by atoms with Crippen molar-refractivity contribution in [1.29, 1.82) is 0 Å². The fourth-order valence-electron chi connectivity index (χ4n) is 4.55. The van der Waals surface area contributed by atoms with E-state index in [9.17, 15) is 24.0 Å². The van der Waals surface area contributed by atoms with Gasteiger partial charge < -0.3 is 34.0 Å². The molecule has 0 aromatic heterocycles. The minimum Gasteiger partial charge on any atom is -0.463 e. The number of ether oxygens (including phenoxy) is 4. The summed E-state index contributed by atoms with van der Waals surface area (Å²) < 4.78 is 21.9. The number of fused-ring (bicyclic) bond motifs is 1. The zero-order chi connectivity index (χ0) is 29.7. The summed E-state index contributed by atoms with van der Waals surface area (Å²) in [5.41, 5.74) is 2.15. The predicted molar refractivity (Wildman–Crippen MR) is 140 cm³/mol. The van der Waals surface area contributed by atoms with Crippen LogP contribution in [0.5, 0.6) is 0 Å². The van der Waals surface area contributed by atoms with Gasteiger partial charge in [0.15, 0.2) is 17.9 Å². The molecule has 0 unspecified atom stereocenters. The summed E-state index contributed by atoms with van der Waals surface area (Å²) in [5.74, 6) is -2.84. The second-order valence-corrected chi connectivity index (χ2v) is 10.1. The van der Waals surface area contributed by atoms with Crippen LogP contribution in [0.3, 0.4) is 0 Å². The van der Waals surface area contributed by atoms with Gasteiger partial charge in [-0.3, -0.25) is 24.0 Å². The van der Waals surface area contributed by atoms with E-state index < -0.39 is 61.1 Å². The number of oxime groups is 1. The van der Waals surface area contributed by atoms with Gasteiger partial charge in [0.1, 0.15) is 18.8 Å². The van der Waals surface area contributed by atoms with Gasteiger partial charge in [0.05, 0.1) is 5.69 Å². The van der Waals surface area contributed by atoms with E-state index in [-0.39, 0.29) is 17.5 Å². The first-order valence-corrected chi connectivity index (χ1v) is 12.9. The third kappa shape index (κ3) is 7.34. The molecule has 1 saturated heterocycles. The first-order valence-electron chi connectivity index (χ1n) is 12.9. The number of hydrogen-bond donors (Lipinski definition) is 1. The van der Waals surface area contributed by atoms with Crippen molar-refractivity contribution in [2.45, 2.75) is 79.1 Å². The second-order valence-electron chi connectivity index (χ2n) is 10.1. The van der Waals surface area contributed by atoms with Crippen molar-refractivity contribution in [2.75, 3.05) is 18.1 Å². The number of carbonyl (C=O) groups excluding carboxylic acids is 5. The third-order valence-corrected chi connectivity index (χ3v) is 6.01. The molecule has 0 aliphatic carbocycles. The van der Waals surface area contributed by atoms with Crippen molar-refractivity contribution in [3.63, 3.8) is 0 Å². The molecule has 13 heteroatoms. The van der Waals surface area contributed by atoms with E-state index in [2.05, 4.69) is 10.5 Å². The maximum absolute atomic E-state index is 13.4. The third-order valence-electron chi connectivity index (χ3n) is 6.01. The van der Waals surface area contributed by atoms with E-state index in [0.29, 0.717) is 17.8 Å². The lowest BCUT2D eigenvalue weighted by molar-refractivity contribution is -0.278. The molecule has 2 amide bonds. The van der Waals surface area contributed by atoms with Gasteiger partial charge in [-0.05, 0) is 25.0 Å². The van der Waals surface area contributed by atoms with Gasteiger partial charge >= 0.3 is 17.9 Å². The number of benzene rings is 1. The van der Waals surface area contributed by atoms with Crippen molar-refractivity contribution >= 4 is 41.1 Å². The van der Waals surface area contributed by atoms with Gasteiger partial charge in [-0.2, -0.15) is 0 Å². The highest BCUT2D eigenvalue weighted by Crippen LogP contribution is 2.32. The molecule has 2 aliphatic heterocycles. The number of rotatable bonds is 9. The Hall–Kier alpha value is -4.00. The number of esters is 3. The summed E-state index contributed by atoms with van der Waals surface area (Å²) in [4.78, 5) is 68.3. The van der Waals surface area contributed by atoms with E-state index in [0.717, 1.165) is 19.4 Å². The highest BCUT2D eigenvalue weighted by molar-refractivity contribution is 6.54. The number of hydrogen-bond acceptors (Lipinski definition) is 11. The Morgan fingerprint density at radius 2 is 1.68 bits per heavy atom. The van der Waals surface area contributed by atoms with Crippen molar-refractivity contribution in [3.05, 3.63) is 29.3 Å². The molecule has 40 heavy (non-hydrogen) atoms. The Morgan fingerprint density at radius 3 is 2.25 bits per heavy atom. The van der Waals surface area contributed by atoms with Gasteiger partial charge in [-0.1, -0.05) is 30.6 Å². The van der Waals surface area contributed by atoms with Crippen molar-refractivity contribution in [2.24, 2.45) is 11.1 Å². The second kappa shape index (κ2) is 12.9. The molecule has 0 saturated carbocycles. The molecule has 1 aromatic carbocycles. The summed E-state index contributed by atoms with van der Waals surface area (Å²) >= 11 is 0. The number of carbonyl (C=O) groups is 5. The molecule has 2 heterocycles. The Bertz CT molecular complexity index is 1200. The Labute approximate surface area is 232 Å². The van der Waals surface area contributed by atoms with E-state index in [1.807, 2.05) is 39.0 Å². The number of amides is 2. The van der Waals surface area contributed by atoms with Gasteiger partial charge in [0, 0.05) is 39.8 Å². The fourth-order valence-corrected chi connectivity index (χ4v) is 4.55. The zero-order valence-electron chi connectivity index (χ0n) is 23.6. The van der Waals surface area contributed by atoms with Crippen LogP contribution < -0.4 is 10.2 Å². The standard InChI is InChI=1S/C27H35N3O10/c1-13(2)11-30-20-9-8-14(3)10-19(20)22(26(30)35)29-40-27-23(28-15(4)31)25(38-18(7)34)24(37-17(6)33)21(39-27)12-36-16(5)32/h8-10,13,21,23-25,27H,11-12H2,1-7H3,(H,28,31)/b29-22+/t21-,23-,24+,25-,27+/m0/s1. The molecule has 218 valence electrons. The number of aryl methyl sites for hydroxylation is 1. The summed E-state index contributed by atoms with van der Waals surface area (Å²) in [7, 11) is 0. The molecular weight excluding hydrogens is 526 g/mol. The van der Waals surface area contributed by atoms with Crippen LogP contribution in [-0.4, -0.2) is 79.2 Å². The smallest absolute Gasteiger partial charge is 0.303 e. The van der Waals surface area contributed by atoms with Crippen LogP contribution in [0.4, 0.5) is 5.69 Å². The molecule has 1 N–H and O–H groups in total. The highest BCUT2D eigenvalue weighted by Gasteiger charge is 2.52. The van der Waals surface area contributed by atoms with Crippen LogP contribution in [0.2, 0.25) is 0 Å². The average Bonchev–Trinajstić information content (AvgIpc) is 3.08.